The fourth-order valence-electron chi connectivity index (χ4n) is 9.13. The van der Waals surface area contributed by atoms with Crippen molar-refractivity contribution in [2.24, 2.45) is 0 Å². The number of benzene rings is 1. The Morgan fingerprint density at radius 3 is 2.59 bits per heavy atom. The number of carbonyl (C=O) groups excluding carboxylic acids is 1. The predicted octanol–water partition coefficient (Wildman–Crippen LogP) is 5.06. The van der Waals surface area contributed by atoms with Crippen LogP contribution in [0.5, 0.6) is 6.01 Å². The Balaban J connectivity index is 1.25. The molecule has 2 unspecified atom stereocenters. The molecule has 5 aliphatic rings. The molecule has 4 aromatic rings. The summed E-state index contributed by atoms with van der Waals surface area (Å²) in [4.78, 5) is 42.8. The highest BCUT2D eigenvalue weighted by Crippen LogP contribution is 2.46. The van der Waals surface area contributed by atoms with E-state index >= 15 is 8.78 Å². The molecule has 7 heterocycles. The number of carbonyl (C=O) groups is 1. The van der Waals surface area contributed by atoms with E-state index in [0.717, 1.165) is 43.6 Å². The van der Waals surface area contributed by atoms with Gasteiger partial charge in [0.05, 0.1) is 21.5 Å². The maximum absolute atomic E-state index is 17.5. The molecular weight excluding hydrogens is 682 g/mol. The average Bonchev–Trinajstić information content (AvgIpc) is 3.58. The minimum Gasteiger partial charge on any atom is -0.461 e. The number of nitriles is 1. The number of rotatable bonds is 7. The number of nitrogen functional groups attached to an aromatic ring is 1. The average molecular weight is 717 g/mol. The molecule has 11 nitrogen and oxygen atoms in total. The molecule has 3 aromatic heterocycles. The number of pyridine rings is 1. The number of aromatic nitrogens is 3. The standard InChI is InChI=1S/C36H35F3N8O3S/c1-2-25(48)46-20-6-7-21(46)16-44(15-20)33-27-29(42-35(43-33)50-17-36-10-3-11-45(36)14-18(37)12-36)28(39)30(47(34(27)49)19-4-5-19)22-8-9-24(38)31-26(22)23(13-40)32(41)51-31/h2,8-9,18-21H,1,3-7,10-12,14-17,41H2/t18-,20?,21?,36+/m1/s1. The van der Waals surface area contributed by atoms with Gasteiger partial charge in [0.2, 0.25) is 5.91 Å². The Hall–Kier alpha value is -4.68. The lowest BCUT2D eigenvalue weighted by molar-refractivity contribution is -0.129. The first kappa shape index (κ1) is 32.2. The number of hydrogen-bond donors (Lipinski definition) is 1. The number of nitrogens with zero attached hydrogens (tertiary/aromatic N) is 7. The summed E-state index contributed by atoms with van der Waals surface area (Å²) in [5.74, 6) is -1.40. The van der Waals surface area contributed by atoms with Crippen LogP contribution < -0.4 is 20.9 Å². The Labute approximate surface area is 294 Å². The van der Waals surface area contributed by atoms with Gasteiger partial charge in [-0.1, -0.05) is 6.58 Å². The summed E-state index contributed by atoms with van der Waals surface area (Å²) in [5, 5.41) is 10.2. The number of nitrogens with two attached hydrogens (primary N) is 1. The summed E-state index contributed by atoms with van der Waals surface area (Å²) in [6.45, 7) is 5.55. The Kier molecular flexibility index (Phi) is 7.38. The third kappa shape index (κ3) is 4.86. The van der Waals surface area contributed by atoms with Crippen LogP contribution in [-0.2, 0) is 4.79 Å². The lowest BCUT2D eigenvalue weighted by atomic mass is 9.95. The molecule has 4 saturated heterocycles. The van der Waals surface area contributed by atoms with Crippen molar-refractivity contribution in [2.45, 2.75) is 74.8 Å². The van der Waals surface area contributed by atoms with Gasteiger partial charge in [-0.2, -0.15) is 15.2 Å². The highest BCUT2D eigenvalue weighted by Gasteiger charge is 2.50. The summed E-state index contributed by atoms with van der Waals surface area (Å²) in [7, 11) is 0. The van der Waals surface area contributed by atoms with E-state index in [0.29, 0.717) is 38.9 Å². The van der Waals surface area contributed by atoms with E-state index in [-0.39, 0.29) is 85.3 Å². The van der Waals surface area contributed by atoms with Crippen LogP contribution >= 0.6 is 11.3 Å². The van der Waals surface area contributed by atoms with Crippen molar-refractivity contribution < 1.29 is 22.7 Å². The number of alkyl halides is 1. The van der Waals surface area contributed by atoms with Crippen LogP contribution in [0.2, 0.25) is 0 Å². The maximum atomic E-state index is 17.5. The zero-order valence-electron chi connectivity index (χ0n) is 27.7. The van der Waals surface area contributed by atoms with Crippen LogP contribution in [0.25, 0.3) is 32.2 Å². The molecule has 4 atom stereocenters. The first-order chi connectivity index (χ1) is 24.6. The van der Waals surface area contributed by atoms with Gasteiger partial charge >= 0.3 is 6.01 Å². The van der Waals surface area contributed by atoms with Crippen molar-refractivity contribution in [2.75, 3.05) is 43.4 Å². The number of piperazine rings is 1. The van der Waals surface area contributed by atoms with E-state index < -0.39 is 28.9 Å². The third-order valence-corrected chi connectivity index (χ3v) is 12.5. The quantitative estimate of drug-likeness (QED) is 0.261. The molecule has 264 valence electrons. The Morgan fingerprint density at radius 2 is 1.88 bits per heavy atom. The number of ether oxygens (including phenoxy) is 1. The molecule has 51 heavy (non-hydrogen) atoms. The lowest BCUT2D eigenvalue weighted by Gasteiger charge is -2.41. The van der Waals surface area contributed by atoms with Crippen molar-refractivity contribution in [3.8, 4) is 23.3 Å². The second kappa shape index (κ2) is 11.7. The summed E-state index contributed by atoms with van der Waals surface area (Å²) in [5.41, 5.74) is 4.89. The van der Waals surface area contributed by atoms with Gasteiger partial charge in [-0.15, -0.1) is 11.3 Å². The number of anilines is 2. The Bertz CT molecular complexity index is 2250. The van der Waals surface area contributed by atoms with Gasteiger partial charge in [-0.25, -0.2) is 13.2 Å². The van der Waals surface area contributed by atoms with Crippen molar-refractivity contribution in [1.29, 1.82) is 5.26 Å². The van der Waals surface area contributed by atoms with Crippen molar-refractivity contribution >= 4 is 49.1 Å². The molecule has 15 heteroatoms. The van der Waals surface area contributed by atoms with Crippen LogP contribution in [0, 0.1) is 23.0 Å². The van der Waals surface area contributed by atoms with Crippen molar-refractivity contribution in [3.63, 3.8) is 0 Å². The lowest BCUT2D eigenvalue weighted by Crippen LogP contribution is -2.56. The molecule has 5 fully saturated rings. The van der Waals surface area contributed by atoms with Gasteiger partial charge in [0.15, 0.2) is 5.82 Å². The molecule has 1 saturated carbocycles. The fourth-order valence-corrected chi connectivity index (χ4v) is 10.1. The van der Waals surface area contributed by atoms with Gasteiger partial charge < -0.3 is 24.8 Å². The molecule has 1 aliphatic carbocycles. The molecule has 9 rings (SSSR count). The van der Waals surface area contributed by atoms with E-state index in [1.54, 1.807) is 0 Å². The number of thiophene rings is 1. The molecular formula is C36H35F3N8O3S. The predicted molar refractivity (Wildman–Crippen MR) is 187 cm³/mol. The van der Waals surface area contributed by atoms with E-state index in [1.165, 1.54) is 22.8 Å². The molecule has 2 N–H and O–H groups in total. The van der Waals surface area contributed by atoms with Crippen molar-refractivity contribution in [3.05, 3.63) is 52.3 Å². The first-order valence-electron chi connectivity index (χ1n) is 17.4. The van der Waals surface area contributed by atoms with Crippen LogP contribution in [0.1, 0.15) is 56.6 Å². The molecule has 4 aliphatic heterocycles. The largest absolute Gasteiger partial charge is 0.461 e. The maximum Gasteiger partial charge on any atom is 0.319 e. The number of fused-ring (bicyclic) bond motifs is 5. The smallest absolute Gasteiger partial charge is 0.319 e. The monoisotopic (exact) mass is 716 g/mol. The van der Waals surface area contributed by atoms with E-state index in [9.17, 15) is 19.2 Å². The van der Waals surface area contributed by atoms with Crippen LogP contribution in [0.4, 0.5) is 24.0 Å². The Morgan fingerprint density at radius 1 is 1.14 bits per heavy atom. The second-order valence-corrected chi connectivity index (χ2v) is 15.5. The number of amides is 1. The zero-order chi connectivity index (χ0) is 35.3. The van der Waals surface area contributed by atoms with Crippen LogP contribution in [0.3, 0.4) is 0 Å². The van der Waals surface area contributed by atoms with Gasteiger partial charge in [0.25, 0.3) is 5.56 Å². The minimum absolute atomic E-state index is 0.0108. The van der Waals surface area contributed by atoms with Crippen molar-refractivity contribution in [1.82, 2.24) is 24.3 Å². The van der Waals surface area contributed by atoms with Gasteiger partial charge in [0.1, 0.15) is 46.4 Å². The molecule has 2 bridgehead atoms. The zero-order valence-corrected chi connectivity index (χ0v) is 28.5. The highest BCUT2D eigenvalue weighted by molar-refractivity contribution is 7.23. The van der Waals surface area contributed by atoms with Crippen LogP contribution in [-0.4, -0.2) is 86.8 Å². The summed E-state index contributed by atoms with van der Waals surface area (Å²) < 4.78 is 55.0. The third-order valence-electron chi connectivity index (χ3n) is 11.5. The first-order valence-corrected chi connectivity index (χ1v) is 18.2. The van der Waals surface area contributed by atoms with E-state index in [1.807, 2.05) is 15.9 Å². The topological polar surface area (TPSA) is 134 Å². The summed E-state index contributed by atoms with van der Waals surface area (Å²) in [6, 6.07) is 3.80. The van der Waals surface area contributed by atoms with Gasteiger partial charge in [-0.3, -0.25) is 14.5 Å². The van der Waals surface area contributed by atoms with Crippen LogP contribution in [0.15, 0.2) is 29.6 Å². The SMILES string of the molecule is C=CC(=O)N1C2CCC1CN(c1nc(OC[C@@]34CCCN3C[C@H](F)C4)nc3c(F)c(-c4ccc(F)c5sc(N)c(C#N)c45)n(C4CC4)c(=O)c13)C2. The highest BCUT2D eigenvalue weighted by atomic mass is 32.1. The molecule has 1 aromatic carbocycles. The molecule has 0 spiro atoms. The summed E-state index contributed by atoms with van der Waals surface area (Å²) >= 11 is 0.895. The number of hydrogen-bond acceptors (Lipinski definition) is 10. The van der Waals surface area contributed by atoms with E-state index in [2.05, 4.69) is 16.5 Å². The molecule has 0 radical (unpaired) electrons. The van der Waals surface area contributed by atoms with Gasteiger partial charge in [0, 0.05) is 55.1 Å². The second-order valence-electron chi connectivity index (χ2n) is 14.5. The van der Waals surface area contributed by atoms with E-state index in [4.69, 9.17) is 15.5 Å². The fraction of sp³-hybridized carbons (Fsp3) is 0.472. The van der Waals surface area contributed by atoms with Gasteiger partial charge in [-0.05, 0) is 63.3 Å². The normalized spacial score (nSPS) is 25.9. The molecule has 1 amide bonds. The minimum atomic E-state index is -0.982. The number of halogens is 3. The summed E-state index contributed by atoms with van der Waals surface area (Å²) in [6.07, 6.45) is 5.04.